The smallest absolute Gasteiger partial charge is 0.261 e. The molecule has 3 aromatic rings. The number of amides is 1. The van der Waals surface area contributed by atoms with Crippen LogP contribution in [-0.4, -0.2) is 19.3 Å². The summed E-state index contributed by atoms with van der Waals surface area (Å²) in [6.45, 7) is 1.88. The molecule has 29 heavy (non-hydrogen) atoms. The lowest BCUT2D eigenvalue weighted by molar-refractivity contribution is -0.121. The first-order valence-electron chi connectivity index (χ1n) is 8.90. The van der Waals surface area contributed by atoms with Gasteiger partial charge >= 0.3 is 0 Å². The summed E-state index contributed by atoms with van der Waals surface area (Å²) < 4.78 is 40.1. The zero-order valence-electron chi connectivity index (χ0n) is 15.7. The Morgan fingerprint density at radius 1 is 1.07 bits per heavy atom. The quantitative estimate of drug-likeness (QED) is 0.621. The molecule has 2 N–H and O–H groups in total. The van der Waals surface area contributed by atoms with E-state index in [1.165, 1.54) is 12.1 Å². The number of anilines is 1. The predicted molar refractivity (Wildman–Crippen MR) is 108 cm³/mol. The minimum Gasteiger partial charge on any atom is -0.349 e. The number of carbonyl (C=O) groups is 1. The summed E-state index contributed by atoms with van der Waals surface area (Å²) in [5.41, 5.74) is 2.00. The van der Waals surface area contributed by atoms with Crippen molar-refractivity contribution in [2.75, 3.05) is 4.72 Å². The van der Waals surface area contributed by atoms with Gasteiger partial charge in [0.05, 0.1) is 17.4 Å². The molecule has 0 bridgehead atoms. The summed E-state index contributed by atoms with van der Waals surface area (Å²) in [5.74, 6) is -0.662. The molecule has 1 amide bonds. The topological polar surface area (TPSA) is 88.2 Å². The lowest BCUT2D eigenvalue weighted by Gasteiger charge is -2.14. The highest BCUT2D eigenvalue weighted by atomic mass is 32.2. The maximum absolute atomic E-state index is 13.0. The first-order valence-corrected chi connectivity index (χ1v) is 10.4. The van der Waals surface area contributed by atoms with Crippen molar-refractivity contribution in [2.45, 2.75) is 24.3 Å². The second-order valence-electron chi connectivity index (χ2n) is 6.51. The fourth-order valence-corrected chi connectivity index (χ4v) is 3.77. The van der Waals surface area contributed by atoms with Gasteiger partial charge in [-0.15, -0.1) is 0 Å². The number of sulfonamides is 1. The Morgan fingerprint density at radius 2 is 1.76 bits per heavy atom. The van der Waals surface area contributed by atoms with E-state index in [-0.39, 0.29) is 23.3 Å². The normalized spacial score (nSPS) is 12.2. The minimum atomic E-state index is -3.81. The molecule has 0 spiro atoms. The van der Waals surface area contributed by atoms with Crippen molar-refractivity contribution in [1.82, 2.24) is 10.3 Å². The Kier molecular flexibility index (Phi) is 6.23. The van der Waals surface area contributed by atoms with Gasteiger partial charge in [0.2, 0.25) is 5.91 Å². The van der Waals surface area contributed by atoms with Gasteiger partial charge in [0.25, 0.3) is 10.0 Å². The number of nitrogens with one attached hydrogen (secondary N) is 2. The molecule has 3 rings (SSSR count). The number of pyridine rings is 1. The average molecular weight is 413 g/mol. The Bertz CT molecular complexity index is 1070. The fraction of sp³-hybridized carbons (Fsp3) is 0.143. The van der Waals surface area contributed by atoms with E-state index in [1.807, 2.05) is 19.1 Å². The average Bonchev–Trinajstić information content (AvgIpc) is 2.70. The SMILES string of the molecule is CC(NC(=O)Cc1ccc(NS(=O)(=O)c2ccc(F)cc2)cc1)c1cccnc1. The molecule has 1 aromatic heterocycles. The Labute approximate surface area is 168 Å². The highest BCUT2D eigenvalue weighted by Gasteiger charge is 2.15. The number of benzene rings is 2. The maximum Gasteiger partial charge on any atom is 0.261 e. The van der Waals surface area contributed by atoms with E-state index in [9.17, 15) is 17.6 Å². The van der Waals surface area contributed by atoms with Crippen molar-refractivity contribution in [2.24, 2.45) is 0 Å². The van der Waals surface area contributed by atoms with Gasteiger partial charge in [0, 0.05) is 18.1 Å². The summed E-state index contributed by atoms with van der Waals surface area (Å²) in [6.07, 6.45) is 3.53. The first kappa shape index (κ1) is 20.5. The number of nitrogens with zero attached hydrogens (tertiary/aromatic N) is 1. The summed E-state index contributed by atoms with van der Waals surface area (Å²) in [5, 5.41) is 2.90. The number of halogens is 1. The largest absolute Gasteiger partial charge is 0.349 e. The molecule has 8 heteroatoms. The van der Waals surface area contributed by atoms with Gasteiger partial charge in [0.15, 0.2) is 0 Å². The van der Waals surface area contributed by atoms with Crippen LogP contribution in [0.25, 0.3) is 0 Å². The van der Waals surface area contributed by atoms with Crippen LogP contribution in [0, 0.1) is 5.82 Å². The molecule has 2 aromatic carbocycles. The standard InChI is InChI=1S/C21H20FN3O3S/c1-15(17-3-2-12-23-14-17)24-21(26)13-16-4-8-19(9-5-16)25-29(27,28)20-10-6-18(22)7-11-20/h2-12,14-15,25H,13H2,1H3,(H,24,26). The molecule has 150 valence electrons. The second kappa shape index (κ2) is 8.83. The zero-order valence-corrected chi connectivity index (χ0v) is 16.5. The van der Waals surface area contributed by atoms with Crippen LogP contribution in [0.3, 0.4) is 0 Å². The van der Waals surface area contributed by atoms with Crippen LogP contribution in [0.15, 0.2) is 78.0 Å². The summed E-state index contributed by atoms with van der Waals surface area (Å²) >= 11 is 0. The van der Waals surface area contributed by atoms with Crippen LogP contribution in [0.4, 0.5) is 10.1 Å². The van der Waals surface area contributed by atoms with Crippen LogP contribution in [-0.2, 0) is 21.2 Å². The summed E-state index contributed by atoms with van der Waals surface area (Å²) in [7, 11) is -3.81. The van der Waals surface area contributed by atoms with E-state index in [2.05, 4.69) is 15.0 Å². The Balaban J connectivity index is 1.60. The van der Waals surface area contributed by atoms with Crippen molar-refractivity contribution in [3.63, 3.8) is 0 Å². The third kappa shape index (κ3) is 5.61. The van der Waals surface area contributed by atoms with Crippen molar-refractivity contribution < 1.29 is 17.6 Å². The monoisotopic (exact) mass is 413 g/mol. The van der Waals surface area contributed by atoms with Crippen molar-refractivity contribution in [3.05, 3.63) is 90.0 Å². The van der Waals surface area contributed by atoms with E-state index < -0.39 is 15.8 Å². The molecule has 1 unspecified atom stereocenters. The summed E-state index contributed by atoms with van der Waals surface area (Å²) in [4.78, 5) is 16.2. The van der Waals surface area contributed by atoms with Crippen LogP contribution >= 0.6 is 0 Å². The van der Waals surface area contributed by atoms with Gasteiger partial charge in [0.1, 0.15) is 5.82 Å². The molecular weight excluding hydrogens is 393 g/mol. The van der Waals surface area contributed by atoms with E-state index in [4.69, 9.17) is 0 Å². The number of hydrogen-bond acceptors (Lipinski definition) is 4. The molecule has 0 aliphatic heterocycles. The van der Waals surface area contributed by atoms with Gasteiger partial charge in [-0.1, -0.05) is 18.2 Å². The lowest BCUT2D eigenvalue weighted by atomic mass is 10.1. The van der Waals surface area contributed by atoms with Crippen LogP contribution in [0.2, 0.25) is 0 Å². The maximum atomic E-state index is 13.0. The second-order valence-corrected chi connectivity index (χ2v) is 8.19. The molecule has 0 saturated carbocycles. The number of aromatic nitrogens is 1. The third-order valence-corrected chi connectivity index (χ3v) is 5.65. The van der Waals surface area contributed by atoms with Gasteiger partial charge in [-0.2, -0.15) is 0 Å². The molecule has 1 heterocycles. The predicted octanol–water partition coefficient (Wildman–Crippen LogP) is 3.44. The van der Waals surface area contributed by atoms with Gasteiger partial charge < -0.3 is 5.32 Å². The highest BCUT2D eigenvalue weighted by molar-refractivity contribution is 7.92. The Morgan fingerprint density at radius 3 is 2.38 bits per heavy atom. The first-order chi connectivity index (χ1) is 13.8. The lowest BCUT2D eigenvalue weighted by Crippen LogP contribution is -2.28. The van der Waals surface area contributed by atoms with E-state index >= 15 is 0 Å². The number of hydrogen-bond donors (Lipinski definition) is 2. The molecule has 0 aliphatic carbocycles. The molecule has 0 aliphatic rings. The van der Waals surface area contributed by atoms with Crippen LogP contribution in [0.5, 0.6) is 0 Å². The summed E-state index contributed by atoms with van der Waals surface area (Å²) in [6, 6.07) is 14.6. The molecule has 0 fully saturated rings. The van der Waals surface area contributed by atoms with Gasteiger partial charge in [-0.25, -0.2) is 12.8 Å². The van der Waals surface area contributed by atoms with Crippen LogP contribution in [0.1, 0.15) is 24.1 Å². The van der Waals surface area contributed by atoms with E-state index in [0.29, 0.717) is 5.69 Å². The minimum absolute atomic E-state index is 0.0354. The molecule has 0 saturated heterocycles. The highest BCUT2D eigenvalue weighted by Crippen LogP contribution is 2.17. The third-order valence-electron chi connectivity index (χ3n) is 4.26. The number of carbonyl (C=O) groups excluding carboxylic acids is 1. The van der Waals surface area contributed by atoms with Gasteiger partial charge in [-0.05, 0) is 60.5 Å². The molecule has 0 radical (unpaired) electrons. The molecule has 1 atom stereocenters. The van der Waals surface area contributed by atoms with Crippen molar-refractivity contribution in [1.29, 1.82) is 0 Å². The van der Waals surface area contributed by atoms with Gasteiger partial charge in [-0.3, -0.25) is 14.5 Å². The zero-order chi connectivity index (χ0) is 20.9. The molecule has 6 nitrogen and oxygen atoms in total. The fourth-order valence-electron chi connectivity index (χ4n) is 2.71. The molecular formula is C21H20FN3O3S. The number of rotatable bonds is 7. The van der Waals surface area contributed by atoms with Crippen molar-refractivity contribution in [3.8, 4) is 0 Å². The van der Waals surface area contributed by atoms with Crippen LogP contribution < -0.4 is 10.0 Å². The Hall–Kier alpha value is -3.26. The van der Waals surface area contributed by atoms with Crippen molar-refractivity contribution >= 4 is 21.6 Å². The van der Waals surface area contributed by atoms with E-state index in [1.54, 1.807) is 36.7 Å². The van der Waals surface area contributed by atoms with E-state index in [0.717, 1.165) is 23.3 Å².